The first-order valence-electron chi connectivity index (χ1n) is 9.49. The number of carbonyl (C=O) groups is 1. The number of aliphatic hydroxyl groups excluding tert-OH is 1. The number of nitrogens with one attached hydrogen (secondary N) is 2. The van der Waals surface area contributed by atoms with Gasteiger partial charge in [-0.3, -0.25) is 4.79 Å². The number of aromatic nitrogens is 1. The molecule has 1 aliphatic rings. The lowest BCUT2D eigenvalue weighted by Crippen LogP contribution is -2.50. The Bertz CT molecular complexity index is 835. The van der Waals surface area contributed by atoms with Crippen LogP contribution < -0.4 is 15.6 Å². The van der Waals surface area contributed by atoms with Crippen LogP contribution in [0.3, 0.4) is 0 Å². The molecule has 1 heterocycles. The highest BCUT2D eigenvalue weighted by atomic mass is 16.5. The lowest BCUT2D eigenvalue weighted by Gasteiger charge is -2.35. The summed E-state index contributed by atoms with van der Waals surface area (Å²) in [6, 6.07) is 8.50. The molecule has 27 heavy (non-hydrogen) atoms. The van der Waals surface area contributed by atoms with Crippen molar-refractivity contribution in [1.82, 2.24) is 15.2 Å². The number of H-pyrrole nitrogens is 1. The monoisotopic (exact) mass is 373 g/mol. The largest absolute Gasteiger partial charge is 0.494 e. The fourth-order valence-electron chi connectivity index (χ4n) is 3.50. The average Bonchev–Trinajstić information content (AvgIpc) is 2.67. The van der Waals surface area contributed by atoms with Crippen molar-refractivity contribution in [2.75, 3.05) is 20.2 Å². The molecular formula is C20H27N3O4. The second-order valence-electron chi connectivity index (χ2n) is 7.04. The van der Waals surface area contributed by atoms with Crippen molar-refractivity contribution in [3.8, 4) is 5.75 Å². The molecule has 0 bridgehead atoms. The Morgan fingerprint density at radius 1 is 1.30 bits per heavy atom. The number of ether oxygens (including phenoxy) is 1. The van der Waals surface area contributed by atoms with Gasteiger partial charge in [0, 0.05) is 30.6 Å². The van der Waals surface area contributed by atoms with Gasteiger partial charge in [0.2, 0.25) is 5.56 Å². The lowest BCUT2D eigenvalue weighted by molar-refractivity contribution is 0.0465. The molecule has 3 rings (SSSR count). The zero-order valence-corrected chi connectivity index (χ0v) is 15.6. The average molecular weight is 373 g/mol. The summed E-state index contributed by atoms with van der Waals surface area (Å²) in [4.78, 5) is 27.9. The number of hydrogen-bond acceptors (Lipinski definition) is 4. The number of fused-ring (bicyclic) bond motifs is 1. The Hall–Kier alpha value is -2.54. The van der Waals surface area contributed by atoms with Crippen LogP contribution in [0.5, 0.6) is 5.75 Å². The van der Waals surface area contributed by atoms with Crippen LogP contribution in [0, 0.1) is 0 Å². The van der Waals surface area contributed by atoms with Gasteiger partial charge >= 0.3 is 6.03 Å². The topological polar surface area (TPSA) is 94.7 Å². The van der Waals surface area contributed by atoms with Gasteiger partial charge in [-0.25, -0.2) is 4.79 Å². The van der Waals surface area contributed by atoms with E-state index in [9.17, 15) is 14.7 Å². The van der Waals surface area contributed by atoms with E-state index < -0.39 is 6.10 Å². The minimum atomic E-state index is -0.430. The van der Waals surface area contributed by atoms with Crippen molar-refractivity contribution in [3.63, 3.8) is 0 Å². The van der Waals surface area contributed by atoms with Crippen LogP contribution in [0.15, 0.2) is 35.1 Å². The number of carbonyl (C=O) groups excluding carboxylic acids is 1. The first-order chi connectivity index (χ1) is 13.0. The summed E-state index contributed by atoms with van der Waals surface area (Å²) in [5, 5.41) is 13.8. The number of rotatable bonds is 6. The van der Waals surface area contributed by atoms with Crippen LogP contribution in [0.2, 0.25) is 0 Å². The molecule has 7 heteroatoms. The highest BCUT2D eigenvalue weighted by molar-refractivity contribution is 5.79. The van der Waals surface area contributed by atoms with E-state index in [1.54, 1.807) is 18.0 Å². The molecule has 7 nitrogen and oxygen atoms in total. The van der Waals surface area contributed by atoms with Gasteiger partial charge in [0.1, 0.15) is 5.75 Å². The Labute approximate surface area is 158 Å². The van der Waals surface area contributed by atoms with Gasteiger partial charge in [0.05, 0.1) is 18.8 Å². The predicted octanol–water partition coefficient (Wildman–Crippen LogP) is 2.24. The molecule has 0 radical (unpaired) electrons. The summed E-state index contributed by atoms with van der Waals surface area (Å²) in [6.45, 7) is 0.984. The Kier molecular flexibility index (Phi) is 6.34. The third-order valence-corrected chi connectivity index (χ3v) is 5.07. The number of pyridine rings is 1. The maximum absolute atomic E-state index is 12.2. The highest BCUT2D eigenvalue weighted by Crippen LogP contribution is 2.22. The Morgan fingerprint density at radius 2 is 2.11 bits per heavy atom. The molecule has 1 aromatic carbocycles. The van der Waals surface area contributed by atoms with Crippen LogP contribution >= 0.6 is 0 Å². The van der Waals surface area contributed by atoms with E-state index >= 15 is 0 Å². The van der Waals surface area contributed by atoms with Crippen LogP contribution in [0.25, 0.3) is 10.9 Å². The summed E-state index contributed by atoms with van der Waals surface area (Å²) < 4.78 is 5.72. The number of urea groups is 1. The third-order valence-electron chi connectivity index (χ3n) is 5.07. The molecule has 146 valence electrons. The van der Waals surface area contributed by atoms with Gasteiger partial charge in [0.15, 0.2) is 0 Å². The molecule has 2 aromatic rings. The van der Waals surface area contributed by atoms with E-state index in [-0.39, 0.29) is 17.6 Å². The van der Waals surface area contributed by atoms with Gasteiger partial charge in [-0.15, -0.1) is 0 Å². The minimum Gasteiger partial charge on any atom is -0.494 e. The summed E-state index contributed by atoms with van der Waals surface area (Å²) in [6.07, 6.45) is 3.93. The molecular weight excluding hydrogens is 346 g/mol. The van der Waals surface area contributed by atoms with Crippen molar-refractivity contribution < 1.29 is 14.6 Å². The molecule has 3 N–H and O–H groups in total. The summed E-state index contributed by atoms with van der Waals surface area (Å²) in [7, 11) is 1.74. The molecule has 1 aromatic heterocycles. The summed E-state index contributed by atoms with van der Waals surface area (Å²) in [5.41, 5.74) is 0.646. The maximum Gasteiger partial charge on any atom is 0.317 e. The van der Waals surface area contributed by atoms with E-state index in [0.717, 1.165) is 42.3 Å². The van der Waals surface area contributed by atoms with E-state index in [1.807, 2.05) is 18.2 Å². The van der Waals surface area contributed by atoms with Crippen molar-refractivity contribution in [2.45, 2.75) is 44.2 Å². The summed E-state index contributed by atoms with van der Waals surface area (Å²) in [5.74, 6) is 0.725. The Morgan fingerprint density at radius 3 is 2.93 bits per heavy atom. The zero-order valence-electron chi connectivity index (χ0n) is 15.6. The van der Waals surface area contributed by atoms with Crippen LogP contribution in [-0.2, 0) is 0 Å². The second-order valence-corrected chi connectivity index (χ2v) is 7.04. The first-order valence-corrected chi connectivity index (χ1v) is 9.49. The van der Waals surface area contributed by atoms with Gasteiger partial charge in [0.25, 0.3) is 0 Å². The van der Waals surface area contributed by atoms with E-state index in [0.29, 0.717) is 19.6 Å². The number of nitrogens with zero attached hydrogens (tertiary/aromatic N) is 1. The number of likely N-dealkylation sites (N-methyl/N-ethyl adjacent to an activating group) is 1. The fourth-order valence-corrected chi connectivity index (χ4v) is 3.50. The van der Waals surface area contributed by atoms with Gasteiger partial charge in [-0.1, -0.05) is 12.8 Å². The molecule has 1 saturated carbocycles. The molecule has 0 unspecified atom stereocenters. The zero-order chi connectivity index (χ0) is 19.2. The first kappa shape index (κ1) is 19.2. The van der Waals surface area contributed by atoms with E-state index in [1.165, 1.54) is 6.07 Å². The third kappa shape index (κ3) is 5.01. The smallest absolute Gasteiger partial charge is 0.317 e. The highest BCUT2D eigenvalue weighted by Gasteiger charge is 2.29. The second kappa shape index (κ2) is 8.90. The quantitative estimate of drug-likeness (QED) is 0.677. The maximum atomic E-state index is 12.2. The molecule has 2 atom stereocenters. The van der Waals surface area contributed by atoms with Gasteiger partial charge in [-0.05, 0) is 43.5 Å². The number of aliphatic hydroxyl groups is 1. The SMILES string of the molecule is CN(C(=O)NCCCOc1ccc2[nH]c(=O)ccc2c1)[C@@H]1CCCC[C@H]1O. The number of aromatic amines is 1. The van der Waals surface area contributed by atoms with Crippen molar-refractivity contribution >= 4 is 16.9 Å². The van der Waals surface area contributed by atoms with Crippen molar-refractivity contribution in [2.24, 2.45) is 0 Å². The molecule has 0 spiro atoms. The van der Waals surface area contributed by atoms with Crippen LogP contribution in [-0.4, -0.2) is 53.4 Å². The van der Waals surface area contributed by atoms with Crippen molar-refractivity contribution in [3.05, 3.63) is 40.7 Å². The molecule has 1 aliphatic carbocycles. The van der Waals surface area contributed by atoms with Crippen LogP contribution in [0.1, 0.15) is 32.1 Å². The number of hydrogen-bond donors (Lipinski definition) is 3. The fraction of sp³-hybridized carbons (Fsp3) is 0.500. The predicted molar refractivity (Wildman–Crippen MR) is 104 cm³/mol. The van der Waals surface area contributed by atoms with E-state index in [2.05, 4.69) is 10.3 Å². The minimum absolute atomic E-state index is 0.0981. The Balaban J connectivity index is 1.40. The molecule has 0 saturated heterocycles. The van der Waals surface area contributed by atoms with Gasteiger partial charge < -0.3 is 25.0 Å². The molecule has 2 amide bonds. The van der Waals surface area contributed by atoms with Crippen molar-refractivity contribution in [1.29, 1.82) is 0 Å². The van der Waals surface area contributed by atoms with E-state index in [4.69, 9.17) is 4.74 Å². The number of amides is 2. The number of benzene rings is 1. The standard InChI is InChI=1S/C20H27N3O4/c1-23(17-5-2-3-6-18(17)24)20(26)21-11-4-12-27-15-8-9-16-14(13-15)7-10-19(25)22-16/h7-10,13,17-18,24H,2-6,11-12H2,1H3,(H,21,26)(H,22,25)/t17-,18-/m1/s1. The van der Waals surface area contributed by atoms with Gasteiger partial charge in [-0.2, -0.15) is 0 Å². The lowest BCUT2D eigenvalue weighted by atomic mass is 9.92. The molecule has 1 fully saturated rings. The summed E-state index contributed by atoms with van der Waals surface area (Å²) >= 11 is 0. The normalized spacial score (nSPS) is 19.6. The molecule has 0 aliphatic heterocycles. The van der Waals surface area contributed by atoms with Crippen LogP contribution in [0.4, 0.5) is 4.79 Å².